The fourth-order valence-electron chi connectivity index (χ4n) is 2.38. The first-order valence-electron chi connectivity index (χ1n) is 8.08. The minimum atomic E-state index is -3.68. The summed E-state index contributed by atoms with van der Waals surface area (Å²) in [6.45, 7) is 4.29. The van der Waals surface area contributed by atoms with Gasteiger partial charge < -0.3 is 5.32 Å². The zero-order chi connectivity index (χ0) is 16.9. The first-order valence-corrected chi connectivity index (χ1v) is 9.52. The molecule has 1 aliphatic rings. The number of hydrogen-bond donors (Lipinski definition) is 2. The molecule has 0 aliphatic heterocycles. The first-order chi connectivity index (χ1) is 11.0. The lowest BCUT2D eigenvalue weighted by Crippen LogP contribution is -2.52. The van der Waals surface area contributed by atoms with Crippen LogP contribution in [0.2, 0.25) is 0 Å². The zero-order valence-electron chi connectivity index (χ0n) is 13.7. The van der Waals surface area contributed by atoms with Crippen molar-refractivity contribution in [3.8, 4) is 0 Å². The molecule has 0 saturated heterocycles. The number of nitrogens with one attached hydrogen (secondary N) is 2. The van der Waals surface area contributed by atoms with Gasteiger partial charge in [0.05, 0.1) is 0 Å². The lowest BCUT2D eigenvalue weighted by atomic mass is 10.1. The number of carbonyl (C=O) groups excluding carboxylic acids is 1. The summed E-state index contributed by atoms with van der Waals surface area (Å²) in [5.74, 6) is -0.257. The Morgan fingerprint density at radius 3 is 2.35 bits per heavy atom. The van der Waals surface area contributed by atoms with Crippen molar-refractivity contribution in [1.82, 2.24) is 14.3 Å². The van der Waals surface area contributed by atoms with Crippen molar-refractivity contribution in [3.63, 3.8) is 0 Å². The quantitative estimate of drug-likeness (QED) is 0.706. The van der Waals surface area contributed by atoms with Gasteiger partial charge in [0.2, 0.25) is 5.91 Å². The van der Waals surface area contributed by atoms with Crippen molar-refractivity contribution in [2.45, 2.75) is 45.2 Å². The van der Waals surface area contributed by atoms with E-state index in [9.17, 15) is 13.2 Å². The molecule has 1 fully saturated rings. The molecule has 0 bridgehead atoms. The SMILES string of the molecule is CCN(CC)S(=O)(=O)NC(Cc1ccccc1)C(=O)NC1CC1. The third kappa shape index (κ3) is 5.30. The second kappa shape index (κ2) is 7.90. The number of carbonyl (C=O) groups is 1. The van der Waals surface area contributed by atoms with Gasteiger partial charge in [-0.25, -0.2) is 0 Å². The monoisotopic (exact) mass is 339 g/mol. The predicted molar refractivity (Wildman–Crippen MR) is 90.1 cm³/mol. The molecule has 1 aliphatic carbocycles. The van der Waals surface area contributed by atoms with Crippen molar-refractivity contribution in [2.24, 2.45) is 0 Å². The van der Waals surface area contributed by atoms with Crippen LogP contribution in [-0.2, 0) is 21.4 Å². The summed E-state index contributed by atoms with van der Waals surface area (Å²) in [5, 5.41) is 2.89. The molecule has 0 heterocycles. The van der Waals surface area contributed by atoms with E-state index >= 15 is 0 Å². The smallest absolute Gasteiger partial charge is 0.280 e. The Morgan fingerprint density at radius 2 is 1.83 bits per heavy atom. The van der Waals surface area contributed by atoms with Gasteiger partial charge in [-0.3, -0.25) is 4.79 Å². The highest BCUT2D eigenvalue weighted by Gasteiger charge is 2.31. The van der Waals surface area contributed by atoms with Crippen molar-refractivity contribution < 1.29 is 13.2 Å². The van der Waals surface area contributed by atoms with Crippen LogP contribution in [0.5, 0.6) is 0 Å². The van der Waals surface area contributed by atoms with Crippen LogP contribution in [0.4, 0.5) is 0 Å². The van der Waals surface area contributed by atoms with E-state index in [1.165, 1.54) is 4.31 Å². The molecule has 1 unspecified atom stereocenters. The highest BCUT2D eigenvalue weighted by Crippen LogP contribution is 2.19. The zero-order valence-corrected chi connectivity index (χ0v) is 14.5. The van der Waals surface area contributed by atoms with Crippen LogP contribution in [0.3, 0.4) is 0 Å². The summed E-state index contributed by atoms with van der Waals surface area (Å²) in [6.07, 6.45) is 2.26. The molecular weight excluding hydrogens is 314 g/mol. The van der Waals surface area contributed by atoms with E-state index in [4.69, 9.17) is 0 Å². The van der Waals surface area contributed by atoms with Crippen LogP contribution in [0.15, 0.2) is 30.3 Å². The third-order valence-electron chi connectivity index (χ3n) is 3.86. The van der Waals surface area contributed by atoms with E-state index in [1.807, 2.05) is 30.3 Å². The molecule has 1 aromatic carbocycles. The molecule has 7 heteroatoms. The fraction of sp³-hybridized carbons (Fsp3) is 0.562. The molecule has 23 heavy (non-hydrogen) atoms. The number of hydrogen-bond acceptors (Lipinski definition) is 3. The average Bonchev–Trinajstić information content (AvgIpc) is 3.32. The molecule has 6 nitrogen and oxygen atoms in total. The fourth-order valence-corrected chi connectivity index (χ4v) is 3.76. The van der Waals surface area contributed by atoms with E-state index in [-0.39, 0.29) is 11.9 Å². The molecule has 1 atom stereocenters. The standard InChI is InChI=1S/C16H25N3O3S/c1-3-19(4-2)23(21,22)18-15(16(20)17-14-10-11-14)12-13-8-6-5-7-9-13/h5-9,14-15,18H,3-4,10-12H2,1-2H3,(H,17,20). The van der Waals surface area contributed by atoms with Crippen molar-refractivity contribution in [3.05, 3.63) is 35.9 Å². The van der Waals surface area contributed by atoms with Gasteiger partial charge in [-0.2, -0.15) is 17.4 Å². The molecule has 0 aromatic heterocycles. The van der Waals surface area contributed by atoms with Crippen LogP contribution in [0, 0.1) is 0 Å². The predicted octanol–water partition coefficient (Wildman–Crippen LogP) is 1.05. The van der Waals surface area contributed by atoms with Crippen LogP contribution in [0.25, 0.3) is 0 Å². The van der Waals surface area contributed by atoms with Gasteiger partial charge in [-0.05, 0) is 24.8 Å². The van der Waals surface area contributed by atoms with Crippen molar-refractivity contribution >= 4 is 16.1 Å². The Bertz CT molecular complexity index is 611. The summed E-state index contributed by atoms with van der Waals surface area (Å²) in [4.78, 5) is 12.4. The summed E-state index contributed by atoms with van der Waals surface area (Å²) < 4.78 is 28.7. The minimum absolute atomic E-state index is 0.193. The van der Waals surface area contributed by atoms with Gasteiger partial charge in [0.1, 0.15) is 6.04 Å². The topological polar surface area (TPSA) is 78.5 Å². The summed E-state index contributed by atoms with van der Waals surface area (Å²) in [5.41, 5.74) is 0.922. The Hall–Kier alpha value is -1.44. The number of nitrogens with zero attached hydrogens (tertiary/aromatic N) is 1. The van der Waals surface area contributed by atoms with E-state index in [0.29, 0.717) is 19.5 Å². The first kappa shape index (κ1) is 17.9. The van der Waals surface area contributed by atoms with E-state index in [1.54, 1.807) is 13.8 Å². The van der Waals surface area contributed by atoms with E-state index < -0.39 is 16.3 Å². The molecule has 2 rings (SSSR count). The summed E-state index contributed by atoms with van der Waals surface area (Å²) >= 11 is 0. The van der Waals surface area contributed by atoms with Gasteiger partial charge in [0.25, 0.3) is 10.2 Å². The van der Waals surface area contributed by atoms with E-state index in [0.717, 1.165) is 18.4 Å². The molecule has 2 N–H and O–H groups in total. The number of amides is 1. The van der Waals surface area contributed by atoms with Gasteiger partial charge in [-0.15, -0.1) is 0 Å². The maximum Gasteiger partial charge on any atom is 0.280 e. The molecule has 0 radical (unpaired) electrons. The Labute approximate surface area is 138 Å². The second-order valence-electron chi connectivity index (χ2n) is 5.73. The van der Waals surface area contributed by atoms with E-state index in [2.05, 4.69) is 10.0 Å². The number of benzene rings is 1. The summed E-state index contributed by atoms with van der Waals surface area (Å²) in [7, 11) is -3.68. The molecular formula is C16H25N3O3S. The molecule has 128 valence electrons. The average molecular weight is 339 g/mol. The van der Waals surface area contributed by atoms with Crippen LogP contribution >= 0.6 is 0 Å². The number of rotatable bonds is 9. The molecule has 1 aromatic rings. The van der Waals surface area contributed by atoms with Crippen LogP contribution < -0.4 is 10.0 Å². The lowest BCUT2D eigenvalue weighted by molar-refractivity contribution is -0.122. The normalized spacial score (nSPS) is 16.3. The van der Waals surface area contributed by atoms with Crippen molar-refractivity contribution in [2.75, 3.05) is 13.1 Å². The highest BCUT2D eigenvalue weighted by atomic mass is 32.2. The third-order valence-corrected chi connectivity index (χ3v) is 5.64. The summed E-state index contributed by atoms with van der Waals surface area (Å²) in [6, 6.07) is 8.82. The van der Waals surface area contributed by atoms with Gasteiger partial charge in [-0.1, -0.05) is 44.2 Å². The minimum Gasteiger partial charge on any atom is -0.352 e. The second-order valence-corrected chi connectivity index (χ2v) is 7.43. The Balaban J connectivity index is 2.13. The Morgan fingerprint density at radius 1 is 1.22 bits per heavy atom. The Kier molecular flexibility index (Phi) is 6.15. The van der Waals surface area contributed by atoms with Crippen molar-refractivity contribution in [1.29, 1.82) is 0 Å². The van der Waals surface area contributed by atoms with Crippen LogP contribution in [0.1, 0.15) is 32.3 Å². The molecule has 0 spiro atoms. The van der Waals surface area contributed by atoms with Crippen LogP contribution in [-0.4, -0.2) is 43.8 Å². The molecule has 1 saturated carbocycles. The molecule has 1 amide bonds. The lowest BCUT2D eigenvalue weighted by Gasteiger charge is -2.24. The highest BCUT2D eigenvalue weighted by molar-refractivity contribution is 7.87. The maximum absolute atomic E-state index is 12.4. The van der Waals surface area contributed by atoms with Gasteiger partial charge >= 0.3 is 0 Å². The maximum atomic E-state index is 12.4. The van der Waals surface area contributed by atoms with Gasteiger partial charge in [0.15, 0.2) is 0 Å². The largest absolute Gasteiger partial charge is 0.352 e. The van der Waals surface area contributed by atoms with Gasteiger partial charge in [0, 0.05) is 19.1 Å².